The first-order valence-corrected chi connectivity index (χ1v) is 6.87. The van der Waals surface area contributed by atoms with Gasteiger partial charge in [-0.1, -0.05) is 0 Å². The molecule has 0 unspecified atom stereocenters. The average molecular weight is 280 g/mol. The van der Waals surface area contributed by atoms with Gasteiger partial charge in [0.1, 0.15) is 12.1 Å². The van der Waals surface area contributed by atoms with Crippen LogP contribution in [0, 0.1) is 0 Å². The van der Waals surface area contributed by atoms with Crippen molar-refractivity contribution in [3.05, 3.63) is 17.8 Å². The van der Waals surface area contributed by atoms with Crippen molar-refractivity contribution >= 4 is 33.3 Å². The minimum absolute atomic E-state index is 0.000953. The van der Waals surface area contributed by atoms with Crippen LogP contribution >= 0.6 is 11.3 Å². The lowest BCUT2D eigenvalue weighted by Crippen LogP contribution is -2.28. The highest BCUT2D eigenvalue weighted by atomic mass is 32.1. The van der Waals surface area contributed by atoms with Crippen LogP contribution in [0.5, 0.6) is 0 Å². The van der Waals surface area contributed by atoms with Crippen molar-refractivity contribution in [3.63, 3.8) is 0 Å². The minimum Gasteiger partial charge on any atom is -0.383 e. The van der Waals surface area contributed by atoms with Crippen molar-refractivity contribution in [3.8, 4) is 0 Å². The van der Waals surface area contributed by atoms with E-state index in [0.717, 1.165) is 16.0 Å². The summed E-state index contributed by atoms with van der Waals surface area (Å²) in [6, 6.07) is 1.95. The Labute approximate surface area is 115 Å². The topological polar surface area (TPSA) is 76.1 Å². The van der Waals surface area contributed by atoms with Crippen LogP contribution in [0.4, 0.5) is 5.82 Å². The Morgan fingerprint density at radius 2 is 2.32 bits per heavy atom. The number of thiophene rings is 1. The fourth-order valence-corrected chi connectivity index (χ4v) is 2.40. The number of ether oxygens (including phenoxy) is 1. The predicted molar refractivity (Wildman–Crippen MR) is 75.4 cm³/mol. The fourth-order valence-electron chi connectivity index (χ4n) is 1.59. The van der Waals surface area contributed by atoms with Crippen LogP contribution in [0.1, 0.15) is 6.42 Å². The number of hydrogen-bond donors (Lipinski definition) is 2. The summed E-state index contributed by atoms with van der Waals surface area (Å²) in [6.45, 7) is 1.61. The molecule has 2 rings (SSSR count). The number of nitrogens with one attached hydrogen (secondary N) is 2. The van der Waals surface area contributed by atoms with Gasteiger partial charge in [-0.3, -0.25) is 4.79 Å². The van der Waals surface area contributed by atoms with Gasteiger partial charge in [-0.05, 0) is 11.4 Å². The Kier molecular flexibility index (Phi) is 5.05. The van der Waals surface area contributed by atoms with Gasteiger partial charge < -0.3 is 15.4 Å². The monoisotopic (exact) mass is 280 g/mol. The molecule has 2 aromatic heterocycles. The highest BCUT2D eigenvalue weighted by Crippen LogP contribution is 2.24. The maximum atomic E-state index is 11.5. The number of carbonyl (C=O) groups is 1. The van der Waals surface area contributed by atoms with Crippen LogP contribution in [0.25, 0.3) is 10.2 Å². The molecule has 0 saturated carbocycles. The van der Waals surface area contributed by atoms with E-state index in [1.54, 1.807) is 18.4 Å². The molecule has 2 heterocycles. The molecule has 1 amide bonds. The van der Waals surface area contributed by atoms with Crippen LogP contribution in [0.15, 0.2) is 17.8 Å². The fraction of sp³-hybridized carbons (Fsp3) is 0.417. The summed E-state index contributed by atoms with van der Waals surface area (Å²) in [5, 5.41) is 7.90. The molecular formula is C12H16N4O2S. The van der Waals surface area contributed by atoms with Gasteiger partial charge in [0.25, 0.3) is 0 Å². The second-order valence-corrected chi connectivity index (χ2v) is 4.79. The first-order valence-electron chi connectivity index (χ1n) is 5.99. The first-order chi connectivity index (χ1) is 9.31. The van der Waals surface area contributed by atoms with E-state index in [9.17, 15) is 4.79 Å². The predicted octanol–water partition coefficient (Wildman–Crippen LogP) is 1.26. The van der Waals surface area contributed by atoms with Gasteiger partial charge in [0.15, 0.2) is 0 Å². The van der Waals surface area contributed by atoms with Crippen molar-refractivity contribution in [1.29, 1.82) is 0 Å². The number of amides is 1. The molecule has 102 valence electrons. The second-order valence-electron chi connectivity index (χ2n) is 3.88. The molecule has 0 atom stereocenters. The Balaban J connectivity index is 1.79. The molecule has 7 heteroatoms. The van der Waals surface area contributed by atoms with Crippen LogP contribution < -0.4 is 10.6 Å². The van der Waals surface area contributed by atoms with E-state index in [4.69, 9.17) is 4.74 Å². The van der Waals surface area contributed by atoms with Crippen LogP contribution in [-0.4, -0.2) is 42.7 Å². The molecule has 0 radical (unpaired) electrons. The summed E-state index contributed by atoms with van der Waals surface area (Å²) >= 11 is 1.59. The van der Waals surface area contributed by atoms with E-state index in [1.165, 1.54) is 6.33 Å². The van der Waals surface area contributed by atoms with Crippen molar-refractivity contribution in [1.82, 2.24) is 15.3 Å². The summed E-state index contributed by atoms with van der Waals surface area (Å²) in [5.41, 5.74) is 0.923. The van der Waals surface area contributed by atoms with Gasteiger partial charge in [0.2, 0.25) is 5.91 Å². The number of fused-ring (bicyclic) bond motifs is 1. The molecule has 0 bridgehead atoms. The highest BCUT2D eigenvalue weighted by Gasteiger charge is 2.05. The molecular weight excluding hydrogens is 264 g/mol. The largest absolute Gasteiger partial charge is 0.383 e. The van der Waals surface area contributed by atoms with Crippen molar-refractivity contribution in [2.24, 2.45) is 0 Å². The smallest absolute Gasteiger partial charge is 0.221 e. The third-order valence-electron chi connectivity index (χ3n) is 2.52. The van der Waals surface area contributed by atoms with Crippen molar-refractivity contribution in [2.45, 2.75) is 6.42 Å². The number of methoxy groups -OCH3 is 1. The SMILES string of the molecule is COCCNC(=O)CCNc1ncnc2ccsc12. The molecule has 0 saturated heterocycles. The molecule has 0 fully saturated rings. The molecule has 0 aliphatic rings. The van der Waals surface area contributed by atoms with Gasteiger partial charge >= 0.3 is 0 Å². The number of anilines is 1. The maximum absolute atomic E-state index is 11.5. The average Bonchev–Trinajstić information content (AvgIpc) is 2.88. The molecule has 0 spiro atoms. The van der Waals surface area contributed by atoms with E-state index in [0.29, 0.717) is 26.1 Å². The number of rotatable bonds is 7. The number of carbonyl (C=O) groups excluding carboxylic acids is 1. The van der Waals surface area contributed by atoms with E-state index in [1.807, 2.05) is 11.4 Å². The molecule has 19 heavy (non-hydrogen) atoms. The number of hydrogen-bond acceptors (Lipinski definition) is 6. The molecule has 0 aliphatic carbocycles. The van der Waals surface area contributed by atoms with Crippen molar-refractivity contribution < 1.29 is 9.53 Å². The Morgan fingerprint density at radius 3 is 3.16 bits per heavy atom. The van der Waals surface area contributed by atoms with Crippen LogP contribution in [-0.2, 0) is 9.53 Å². The minimum atomic E-state index is 0.000953. The van der Waals surface area contributed by atoms with Gasteiger partial charge in [0, 0.05) is 26.6 Å². The Morgan fingerprint density at radius 1 is 1.42 bits per heavy atom. The lowest BCUT2D eigenvalue weighted by Gasteiger charge is -2.07. The molecule has 0 aromatic carbocycles. The van der Waals surface area contributed by atoms with Gasteiger partial charge in [-0.15, -0.1) is 11.3 Å². The molecule has 2 aromatic rings. The zero-order valence-corrected chi connectivity index (χ0v) is 11.5. The van der Waals surface area contributed by atoms with E-state index in [-0.39, 0.29) is 5.91 Å². The normalized spacial score (nSPS) is 10.6. The van der Waals surface area contributed by atoms with E-state index < -0.39 is 0 Å². The van der Waals surface area contributed by atoms with E-state index >= 15 is 0 Å². The quantitative estimate of drug-likeness (QED) is 0.747. The van der Waals surface area contributed by atoms with Gasteiger partial charge in [-0.25, -0.2) is 9.97 Å². The summed E-state index contributed by atoms with van der Waals surface area (Å²) in [5.74, 6) is 0.783. The summed E-state index contributed by atoms with van der Waals surface area (Å²) in [4.78, 5) is 19.8. The van der Waals surface area contributed by atoms with Gasteiger partial charge in [0.05, 0.1) is 16.8 Å². The van der Waals surface area contributed by atoms with E-state index in [2.05, 4.69) is 20.6 Å². The van der Waals surface area contributed by atoms with Crippen LogP contribution in [0.2, 0.25) is 0 Å². The Bertz CT molecular complexity index is 543. The molecule has 6 nitrogen and oxygen atoms in total. The summed E-state index contributed by atoms with van der Waals surface area (Å²) in [7, 11) is 1.61. The third kappa shape index (κ3) is 3.87. The van der Waals surface area contributed by atoms with Crippen LogP contribution in [0.3, 0.4) is 0 Å². The maximum Gasteiger partial charge on any atom is 0.221 e. The molecule has 2 N–H and O–H groups in total. The zero-order chi connectivity index (χ0) is 13.5. The van der Waals surface area contributed by atoms with Gasteiger partial charge in [-0.2, -0.15) is 0 Å². The standard InChI is InChI=1S/C12H16N4O2S/c1-18-6-5-13-10(17)2-4-14-12-11-9(3-7-19-11)15-8-16-12/h3,7-8H,2,4-6H2,1H3,(H,13,17)(H,14,15,16). The summed E-state index contributed by atoms with van der Waals surface area (Å²) in [6.07, 6.45) is 1.93. The molecule has 0 aliphatic heterocycles. The lowest BCUT2D eigenvalue weighted by atomic mass is 10.3. The second kappa shape index (κ2) is 7.01. The number of nitrogens with zero attached hydrogens (tertiary/aromatic N) is 2. The highest BCUT2D eigenvalue weighted by molar-refractivity contribution is 7.17. The number of aromatic nitrogens is 2. The zero-order valence-electron chi connectivity index (χ0n) is 10.7. The Hall–Kier alpha value is -1.73. The summed E-state index contributed by atoms with van der Waals surface area (Å²) < 4.78 is 5.88. The third-order valence-corrected chi connectivity index (χ3v) is 3.43. The first kappa shape index (κ1) is 13.7. The lowest BCUT2D eigenvalue weighted by molar-refractivity contribution is -0.121. The van der Waals surface area contributed by atoms with Crippen molar-refractivity contribution in [2.75, 3.05) is 32.1 Å².